The van der Waals surface area contributed by atoms with Gasteiger partial charge in [-0.15, -0.1) is 0 Å². The highest BCUT2D eigenvalue weighted by atomic mass is 16.7. The molecular weight excluding hydrogens is 719 g/mol. The molecule has 0 bridgehead atoms. The first-order valence-corrected chi connectivity index (χ1v) is 20.1. The van der Waals surface area contributed by atoms with Crippen molar-refractivity contribution in [3.8, 4) is 0 Å². The van der Waals surface area contributed by atoms with E-state index in [2.05, 4.69) is 76.7 Å². The van der Waals surface area contributed by atoms with Gasteiger partial charge in [-0.3, -0.25) is 9.59 Å². The minimum atomic E-state index is -0.487. The molecule has 2 heterocycles. The predicted molar refractivity (Wildman–Crippen MR) is 235 cm³/mol. The molecule has 0 saturated heterocycles. The maximum absolute atomic E-state index is 14.4. The summed E-state index contributed by atoms with van der Waals surface area (Å²) in [5, 5.41) is 8.45. The summed E-state index contributed by atoms with van der Waals surface area (Å²) >= 11 is 0. The van der Waals surface area contributed by atoms with Gasteiger partial charge >= 0.3 is 5.97 Å². The van der Waals surface area contributed by atoms with E-state index in [9.17, 15) is 14.4 Å². The second-order valence-electron chi connectivity index (χ2n) is 15.3. The first kappa shape index (κ1) is 38.3. The van der Waals surface area contributed by atoms with Gasteiger partial charge in [-0.1, -0.05) is 85.7 Å². The lowest BCUT2D eigenvalue weighted by Crippen LogP contribution is -2.16. The fraction of sp³-hybridized carbons (Fsp3) is 0.216. The van der Waals surface area contributed by atoms with Crippen LogP contribution in [0.15, 0.2) is 126 Å². The number of benzene rings is 6. The number of hydrogen-bond acceptors (Lipinski definition) is 5. The van der Waals surface area contributed by atoms with Crippen molar-refractivity contribution in [1.82, 2.24) is 9.13 Å². The maximum atomic E-state index is 14.4. The Morgan fingerprint density at radius 3 is 1.48 bits per heavy atom. The number of aryl methyl sites for hydroxylation is 4. The van der Waals surface area contributed by atoms with E-state index < -0.39 is 5.97 Å². The monoisotopic (exact) mass is 765 g/mol. The van der Waals surface area contributed by atoms with Crippen LogP contribution in [0.25, 0.3) is 43.6 Å². The molecule has 0 aliphatic rings. The first-order valence-electron chi connectivity index (χ1n) is 20.1. The van der Waals surface area contributed by atoms with E-state index >= 15 is 0 Å². The molecule has 8 aromatic rings. The van der Waals surface area contributed by atoms with Gasteiger partial charge in [0.1, 0.15) is 11.5 Å². The Kier molecular flexibility index (Phi) is 10.2. The summed E-state index contributed by atoms with van der Waals surface area (Å²) in [6, 6.07) is 40.5. The quantitative estimate of drug-likeness (QED) is 0.0568. The zero-order chi connectivity index (χ0) is 40.8. The number of Topliss-reactive ketones (excluding diaryl/α,β-unsaturated/α-hetero) is 1. The molecule has 0 aliphatic heterocycles. The third-order valence-corrected chi connectivity index (χ3v) is 11.9. The lowest BCUT2D eigenvalue weighted by atomic mass is 9.85. The van der Waals surface area contributed by atoms with Gasteiger partial charge in [0.25, 0.3) is 0 Å². The second kappa shape index (κ2) is 15.4. The lowest BCUT2D eigenvalue weighted by Gasteiger charge is -2.18. The van der Waals surface area contributed by atoms with Crippen LogP contribution in [-0.4, -0.2) is 32.4 Å². The molecule has 0 N–H and O–H groups in total. The number of aromatic nitrogens is 2. The first-order chi connectivity index (χ1) is 28.0. The molecule has 7 heteroatoms. The van der Waals surface area contributed by atoms with Crippen molar-refractivity contribution in [3.05, 3.63) is 166 Å². The van der Waals surface area contributed by atoms with Crippen LogP contribution >= 0.6 is 0 Å². The molecule has 290 valence electrons. The number of rotatable bonds is 11. The van der Waals surface area contributed by atoms with E-state index in [4.69, 9.17) is 4.84 Å². The smallest absolute Gasteiger partial charge is 0.332 e. The van der Waals surface area contributed by atoms with Crippen LogP contribution in [-0.2, 0) is 27.5 Å². The highest BCUT2D eigenvalue weighted by Crippen LogP contribution is 2.37. The summed E-state index contributed by atoms with van der Waals surface area (Å²) < 4.78 is 4.55. The van der Waals surface area contributed by atoms with E-state index in [1.54, 1.807) is 0 Å². The fourth-order valence-corrected chi connectivity index (χ4v) is 8.64. The Hall–Kier alpha value is -6.60. The van der Waals surface area contributed by atoms with Gasteiger partial charge in [0.2, 0.25) is 0 Å². The number of oxime groups is 1. The molecule has 0 amide bonds. The van der Waals surface area contributed by atoms with Crippen molar-refractivity contribution in [2.75, 3.05) is 0 Å². The Morgan fingerprint density at radius 2 is 1.00 bits per heavy atom. The van der Waals surface area contributed by atoms with Gasteiger partial charge in [-0.05, 0) is 105 Å². The Morgan fingerprint density at radius 1 is 0.569 bits per heavy atom. The summed E-state index contributed by atoms with van der Waals surface area (Å²) in [4.78, 5) is 45.2. The van der Waals surface area contributed by atoms with Crippen molar-refractivity contribution in [1.29, 1.82) is 0 Å². The molecule has 2 unspecified atom stereocenters. The standard InChI is InChI=1S/C51H47N3O4/c1-8-53-45-22-18-35(26-41(45)43-28-37(20-24-47(43)53)49(52-58-34(7)55)39-16-12-10-14-30(39)3)32(5)50(56)33(6)36-19-23-46-42(27-36)44-29-38(21-25-48(44)54(46)9-2)51(57)40-17-13-11-15-31(40)4/h10-29,32-33H,8-9H2,1-7H3. The number of fused-ring (bicyclic) bond motifs is 6. The van der Waals surface area contributed by atoms with Crippen LogP contribution in [0.4, 0.5) is 0 Å². The minimum absolute atomic E-state index is 0.00281. The minimum Gasteiger partial charge on any atom is -0.341 e. The number of carbonyl (C=O) groups excluding carboxylic acids is 3. The van der Waals surface area contributed by atoms with Crippen molar-refractivity contribution < 1.29 is 19.2 Å². The third-order valence-electron chi connectivity index (χ3n) is 11.9. The summed E-state index contributed by atoms with van der Waals surface area (Å²) in [5.41, 5.74) is 11.8. The molecule has 8 rings (SSSR count). The van der Waals surface area contributed by atoms with E-state index in [1.165, 1.54) is 6.92 Å². The van der Waals surface area contributed by atoms with Crippen LogP contribution in [0.2, 0.25) is 0 Å². The van der Waals surface area contributed by atoms with Crippen molar-refractivity contribution in [2.45, 2.75) is 73.4 Å². The molecule has 0 spiro atoms. The predicted octanol–water partition coefficient (Wildman–Crippen LogP) is 11.6. The molecule has 58 heavy (non-hydrogen) atoms. The number of ketones is 2. The number of hydrogen-bond donors (Lipinski definition) is 0. The third kappa shape index (κ3) is 6.60. The summed E-state index contributed by atoms with van der Waals surface area (Å²) in [5.74, 6) is -1.10. The van der Waals surface area contributed by atoms with Gasteiger partial charge < -0.3 is 14.0 Å². The van der Waals surface area contributed by atoms with E-state index in [-0.39, 0.29) is 23.4 Å². The SMILES string of the molecule is CCn1c2ccc(C(=O)c3ccccc3C)cc2c2cc(C(C)C(=O)C(C)c3ccc4c(c3)c3cc(C(=NOC(C)=O)c5ccccc5C)ccc3n4CC)ccc21. The number of nitrogens with zero attached hydrogens (tertiary/aromatic N) is 3. The Bertz CT molecular complexity index is 2980. The van der Waals surface area contributed by atoms with E-state index in [1.807, 2.05) is 100 Å². The average molecular weight is 766 g/mol. The molecule has 7 nitrogen and oxygen atoms in total. The summed E-state index contributed by atoms with van der Waals surface area (Å²) in [7, 11) is 0. The number of carbonyl (C=O) groups is 3. The maximum Gasteiger partial charge on any atom is 0.332 e. The molecule has 0 fully saturated rings. The fourth-order valence-electron chi connectivity index (χ4n) is 8.64. The largest absolute Gasteiger partial charge is 0.341 e. The van der Waals surface area contributed by atoms with Crippen molar-refractivity contribution in [2.24, 2.45) is 5.16 Å². The van der Waals surface area contributed by atoms with Crippen LogP contribution in [0.1, 0.15) is 95.8 Å². The summed E-state index contributed by atoms with van der Waals surface area (Å²) in [6.07, 6.45) is 0. The Balaban J connectivity index is 1.16. The highest BCUT2D eigenvalue weighted by molar-refractivity contribution is 6.18. The van der Waals surface area contributed by atoms with Gasteiger partial charge in [0, 0.05) is 97.7 Å². The molecule has 6 aromatic carbocycles. The molecule has 0 radical (unpaired) electrons. The van der Waals surface area contributed by atoms with Crippen LogP contribution in [0.3, 0.4) is 0 Å². The molecule has 0 aliphatic carbocycles. The van der Waals surface area contributed by atoms with Crippen molar-refractivity contribution >= 4 is 66.9 Å². The molecule has 2 atom stereocenters. The van der Waals surface area contributed by atoms with E-state index in [0.717, 1.165) is 90.1 Å². The Labute approximate surface area is 338 Å². The van der Waals surface area contributed by atoms with E-state index in [0.29, 0.717) is 16.8 Å². The second-order valence-corrected chi connectivity index (χ2v) is 15.3. The van der Waals surface area contributed by atoms with Crippen LogP contribution in [0.5, 0.6) is 0 Å². The summed E-state index contributed by atoms with van der Waals surface area (Å²) in [6.45, 7) is 15.1. The van der Waals surface area contributed by atoms with Gasteiger partial charge in [0.15, 0.2) is 5.78 Å². The van der Waals surface area contributed by atoms with Crippen LogP contribution < -0.4 is 0 Å². The zero-order valence-electron chi connectivity index (χ0n) is 34.1. The molecule has 0 saturated carbocycles. The lowest BCUT2D eigenvalue weighted by molar-refractivity contribution is -0.140. The van der Waals surface area contributed by atoms with Gasteiger partial charge in [-0.2, -0.15) is 0 Å². The topological polar surface area (TPSA) is 82.7 Å². The highest BCUT2D eigenvalue weighted by Gasteiger charge is 2.26. The van der Waals surface area contributed by atoms with Gasteiger partial charge in [-0.25, -0.2) is 4.79 Å². The van der Waals surface area contributed by atoms with Crippen molar-refractivity contribution in [3.63, 3.8) is 0 Å². The van der Waals surface area contributed by atoms with Crippen LogP contribution in [0, 0.1) is 13.8 Å². The average Bonchev–Trinajstić information content (AvgIpc) is 3.73. The zero-order valence-corrected chi connectivity index (χ0v) is 34.1. The van der Waals surface area contributed by atoms with Gasteiger partial charge in [0.05, 0.1) is 0 Å². The normalized spacial score (nSPS) is 13.1. The molecule has 2 aromatic heterocycles. The molecular formula is C51H47N3O4.